The van der Waals surface area contributed by atoms with Gasteiger partial charge in [0.15, 0.2) is 16.3 Å². The highest BCUT2D eigenvalue weighted by molar-refractivity contribution is 14.1. The molecule has 1 unspecified atom stereocenters. The van der Waals surface area contributed by atoms with Crippen molar-refractivity contribution in [1.29, 1.82) is 0 Å². The van der Waals surface area contributed by atoms with E-state index in [-0.39, 0.29) is 42.7 Å². The lowest BCUT2D eigenvalue weighted by atomic mass is 10.2. The number of nitrogen functional groups attached to an aromatic ring is 1. The molecule has 3 N–H and O–H groups in total. The molecule has 11 nitrogen and oxygen atoms in total. The van der Waals surface area contributed by atoms with Crippen LogP contribution in [0.2, 0.25) is 0 Å². The summed E-state index contributed by atoms with van der Waals surface area (Å²) in [7, 11) is -3.59. The van der Waals surface area contributed by atoms with Crippen LogP contribution in [0.5, 0.6) is 0 Å². The lowest BCUT2D eigenvalue weighted by Crippen LogP contribution is -2.13. The van der Waals surface area contributed by atoms with Crippen LogP contribution in [0.15, 0.2) is 41.5 Å². The summed E-state index contributed by atoms with van der Waals surface area (Å²) >= 11 is 3.11. The number of carbonyl (C=O) groups is 1. The van der Waals surface area contributed by atoms with Crippen molar-refractivity contribution in [3.8, 4) is 0 Å². The number of thioether (sulfide) groups is 1. The van der Waals surface area contributed by atoms with Gasteiger partial charge in [-0.2, -0.15) is 4.98 Å². The fraction of sp³-hybridized carbons (Fsp3) is 0.368. The number of halogens is 1. The van der Waals surface area contributed by atoms with E-state index in [9.17, 15) is 14.2 Å². The molecule has 0 aliphatic carbocycles. The predicted octanol–water partition coefficient (Wildman–Crippen LogP) is 2.80. The predicted molar refractivity (Wildman–Crippen MR) is 135 cm³/mol. The van der Waals surface area contributed by atoms with Crippen LogP contribution in [0.1, 0.15) is 5.56 Å². The van der Waals surface area contributed by atoms with Crippen LogP contribution in [0, 0.1) is 0 Å². The summed E-state index contributed by atoms with van der Waals surface area (Å²) in [6, 6.07) is 9.29. The first-order valence-electron chi connectivity index (χ1n) is 9.82. The van der Waals surface area contributed by atoms with Crippen LogP contribution in [0.3, 0.4) is 0 Å². The van der Waals surface area contributed by atoms with Crippen LogP contribution < -0.4 is 11.3 Å². The molecule has 14 heteroatoms. The number of aromatic amines is 1. The number of nitrogens with zero attached hydrogens (tertiary/aromatic N) is 3. The number of carbonyl (C=O) groups excluding carboxylic acids is 1. The van der Waals surface area contributed by atoms with Gasteiger partial charge in [0.25, 0.3) is 5.56 Å². The smallest absolute Gasteiger partial charge is 0.356 e. The second kappa shape index (κ2) is 12.6. The van der Waals surface area contributed by atoms with E-state index in [0.717, 1.165) is 17.3 Å². The van der Waals surface area contributed by atoms with E-state index in [0.29, 0.717) is 22.4 Å². The highest BCUT2D eigenvalue weighted by Gasteiger charge is 2.25. The molecule has 0 radical (unpaired) electrons. The zero-order valence-corrected chi connectivity index (χ0v) is 21.4. The van der Waals surface area contributed by atoms with Crippen LogP contribution >= 0.6 is 41.9 Å². The normalized spacial score (nSPS) is 13.2. The van der Waals surface area contributed by atoms with E-state index < -0.39 is 13.2 Å². The van der Waals surface area contributed by atoms with Crippen molar-refractivity contribution in [2.24, 2.45) is 0 Å². The number of aromatic nitrogens is 4. The Morgan fingerprint density at radius 1 is 1.24 bits per heavy atom. The molecule has 2 aromatic heterocycles. The van der Waals surface area contributed by atoms with Gasteiger partial charge < -0.3 is 24.1 Å². The van der Waals surface area contributed by atoms with Crippen molar-refractivity contribution in [3.05, 3.63) is 52.6 Å². The van der Waals surface area contributed by atoms with E-state index in [1.54, 1.807) is 4.57 Å². The number of ether oxygens (including phenoxy) is 1. The highest BCUT2D eigenvalue weighted by atomic mass is 127. The van der Waals surface area contributed by atoms with Gasteiger partial charge in [-0.05, 0) is 5.56 Å². The number of anilines is 1. The quantitative estimate of drug-likeness (QED) is 0.129. The molecule has 3 aromatic rings. The number of alkyl halides is 1. The van der Waals surface area contributed by atoms with Crippen molar-refractivity contribution in [1.82, 2.24) is 19.5 Å². The third-order valence-corrected chi connectivity index (χ3v) is 7.88. The summed E-state index contributed by atoms with van der Waals surface area (Å²) in [5, 5.41) is 0.0242. The largest absolute Gasteiger partial charge is 0.369 e. The Hall–Kier alpha value is -1.77. The van der Waals surface area contributed by atoms with Crippen LogP contribution in [0.25, 0.3) is 11.2 Å². The van der Waals surface area contributed by atoms with Crippen molar-refractivity contribution in [2.75, 3.05) is 35.5 Å². The minimum atomic E-state index is -3.59. The fourth-order valence-corrected chi connectivity index (χ4v) is 5.25. The molecule has 0 bridgehead atoms. The summed E-state index contributed by atoms with van der Waals surface area (Å²) in [4.78, 5) is 33.8. The number of H-pyrrole nitrogens is 1. The van der Waals surface area contributed by atoms with Crippen molar-refractivity contribution < 1.29 is 23.1 Å². The van der Waals surface area contributed by atoms with Crippen LogP contribution in [-0.2, 0) is 36.3 Å². The second-order valence-electron chi connectivity index (χ2n) is 6.66. The Kier molecular flexibility index (Phi) is 9.89. The average Bonchev–Trinajstić information content (AvgIpc) is 3.22. The third kappa shape index (κ3) is 7.90. The van der Waals surface area contributed by atoms with Gasteiger partial charge in [0.2, 0.25) is 5.95 Å². The van der Waals surface area contributed by atoms with E-state index in [1.807, 2.05) is 52.9 Å². The topological polar surface area (TPSA) is 151 Å². The van der Waals surface area contributed by atoms with E-state index in [2.05, 4.69) is 15.0 Å². The summed E-state index contributed by atoms with van der Waals surface area (Å²) in [5.74, 6) is 0.352. The van der Waals surface area contributed by atoms with Gasteiger partial charge in [-0.1, -0.05) is 64.7 Å². The zero-order chi connectivity index (χ0) is 23.7. The number of fused-ring (bicyclic) bond motifs is 1. The maximum absolute atomic E-state index is 13.2. The molecule has 3 rings (SSSR count). The standard InChI is InChI=1S/C19H23IN5O6PS/c20-10-15(26)33-9-8-30-32(28,31-11-14-4-2-1-3-5-14)13-29-7-6-25-12-22-16-17(25)23-19(21)24-18(16)27/h1-5,12H,6-11,13H2,(H3,21,23,24,27). The molecule has 33 heavy (non-hydrogen) atoms. The monoisotopic (exact) mass is 607 g/mol. The van der Waals surface area contributed by atoms with Gasteiger partial charge >= 0.3 is 7.60 Å². The Labute approximate surface area is 207 Å². The first-order valence-corrected chi connectivity index (χ1v) is 14.1. The van der Waals surface area contributed by atoms with Crippen LogP contribution in [0.4, 0.5) is 5.95 Å². The Morgan fingerprint density at radius 3 is 2.79 bits per heavy atom. The Bertz CT molecular complexity index is 1170. The zero-order valence-electron chi connectivity index (χ0n) is 17.5. The number of imidazole rings is 1. The molecule has 0 fully saturated rings. The first kappa shape index (κ1) is 25.8. The highest BCUT2D eigenvalue weighted by Crippen LogP contribution is 2.49. The third-order valence-electron chi connectivity index (χ3n) is 4.23. The second-order valence-corrected chi connectivity index (χ2v) is 10.6. The van der Waals surface area contributed by atoms with Gasteiger partial charge in [0.05, 0.1) is 30.6 Å². The Morgan fingerprint density at radius 2 is 2.03 bits per heavy atom. The molecule has 0 aliphatic heterocycles. The SMILES string of the molecule is Nc1nc2c(ncn2CCOCP(=O)(OCCSC(=O)CI)OCc2ccccc2)c(=O)[nH]1. The number of nitrogens with two attached hydrogens (primary N) is 1. The van der Waals surface area contributed by atoms with E-state index in [1.165, 1.54) is 6.33 Å². The van der Waals surface area contributed by atoms with Crippen molar-refractivity contribution in [2.45, 2.75) is 13.2 Å². The van der Waals surface area contributed by atoms with Crippen LogP contribution in [-0.4, -0.2) is 54.4 Å². The van der Waals surface area contributed by atoms with Gasteiger partial charge in [0, 0.05) is 12.3 Å². The van der Waals surface area contributed by atoms with Crippen molar-refractivity contribution >= 4 is 64.2 Å². The molecule has 178 valence electrons. The summed E-state index contributed by atoms with van der Waals surface area (Å²) in [5.41, 5.74) is 6.51. The van der Waals surface area contributed by atoms with Gasteiger partial charge in [-0.3, -0.25) is 19.1 Å². The summed E-state index contributed by atoms with van der Waals surface area (Å²) in [6.07, 6.45) is 1.19. The molecular formula is C19H23IN5O6PS. The molecule has 0 saturated carbocycles. The molecule has 0 aliphatic rings. The van der Waals surface area contributed by atoms with Gasteiger partial charge in [0.1, 0.15) is 6.35 Å². The maximum Gasteiger partial charge on any atom is 0.356 e. The number of hydrogen-bond acceptors (Lipinski definition) is 10. The lowest BCUT2D eigenvalue weighted by molar-refractivity contribution is -0.108. The molecule has 0 spiro atoms. The number of rotatable bonds is 13. The average molecular weight is 607 g/mol. The van der Waals surface area contributed by atoms with Gasteiger partial charge in [-0.15, -0.1) is 0 Å². The molecule has 2 heterocycles. The van der Waals surface area contributed by atoms with E-state index >= 15 is 0 Å². The number of hydrogen-bond donors (Lipinski definition) is 2. The lowest BCUT2D eigenvalue weighted by Gasteiger charge is -2.19. The van der Waals surface area contributed by atoms with E-state index in [4.69, 9.17) is 19.5 Å². The number of benzene rings is 1. The molecule has 1 atom stereocenters. The number of nitrogens with one attached hydrogen (secondary N) is 1. The molecule has 0 saturated heterocycles. The maximum atomic E-state index is 13.2. The van der Waals surface area contributed by atoms with Crippen molar-refractivity contribution in [3.63, 3.8) is 0 Å². The minimum absolute atomic E-state index is 0.0127. The molecular weight excluding hydrogens is 584 g/mol. The first-order chi connectivity index (χ1) is 15.9. The molecule has 1 aromatic carbocycles. The minimum Gasteiger partial charge on any atom is -0.369 e. The fourth-order valence-electron chi connectivity index (χ4n) is 2.70. The van der Waals surface area contributed by atoms with Gasteiger partial charge in [-0.25, -0.2) is 4.98 Å². The molecule has 0 amide bonds. The summed E-state index contributed by atoms with van der Waals surface area (Å²) in [6.45, 7) is 0.620. The Balaban J connectivity index is 1.56. The summed E-state index contributed by atoms with van der Waals surface area (Å²) < 4.78 is 31.9.